The van der Waals surface area contributed by atoms with Crippen molar-refractivity contribution in [1.82, 2.24) is 0 Å². The van der Waals surface area contributed by atoms with Gasteiger partial charge in [0.1, 0.15) is 0 Å². The van der Waals surface area contributed by atoms with Crippen LogP contribution in [0, 0.1) is 0 Å². The minimum Gasteiger partial charge on any atom is -0.223 e. The Morgan fingerprint density at radius 2 is 1.64 bits per heavy atom. The number of hydrogen-bond donors (Lipinski definition) is 0. The summed E-state index contributed by atoms with van der Waals surface area (Å²) in [5.41, 5.74) is 2.11. The number of sulfone groups is 1. The van der Waals surface area contributed by atoms with Crippen molar-refractivity contribution < 1.29 is 8.42 Å². The summed E-state index contributed by atoms with van der Waals surface area (Å²) in [6.07, 6.45) is 2.41. The molecule has 4 heteroatoms. The molecule has 0 fully saturated rings. The zero-order valence-corrected chi connectivity index (χ0v) is 16.8. The lowest BCUT2D eigenvalue weighted by atomic mass is 9.86. The van der Waals surface area contributed by atoms with Crippen molar-refractivity contribution in [2.45, 2.75) is 29.4 Å². The van der Waals surface area contributed by atoms with E-state index in [0.29, 0.717) is 16.3 Å². The van der Waals surface area contributed by atoms with Gasteiger partial charge in [0, 0.05) is 5.02 Å². The van der Waals surface area contributed by atoms with Crippen LogP contribution in [0.4, 0.5) is 0 Å². The van der Waals surface area contributed by atoms with E-state index in [1.165, 1.54) is 27.1 Å². The van der Waals surface area contributed by atoms with Gasteiger partial charge in [-0.3, -0.25) is 0 Å². The van der Waals surface area contributed by atoms with E-state index in [1.807, 2.05) is 18.2 Å². The average Bonchev–Trinajstić information content (AvgIpc) is 2.72. The van der Waals surface area contributed by atoms with E-state index < -0.39 is 15.1 Å². The lowest BCUT2D eigenvalue weighted by Gasteiger charge is -2.27. The van der Waals surface area contributed by atoms with E-state index in [0.717, 1.165) is 18.4 Å². The molecule has 0 amide bonds. The highest BCUT2D eigenvalue weighted by Gasteiger charge is 2.33. The highest BCUT2D eigenvalue weighted by molar-refractivity contribution is 7.91. The maximum Gasteiger partial charge on any atom is 0.185 e. The van der Waals surface area contributed by atoms with E-state index in [9.17, 15) is 8.42 Å². The Balaban J connectivity index is 1.72. The third-order valence-electron chi connectivity index (χ3n) is 5.81. The van der Waals surface area contributed by atoms with E-state index in [4.69, 9.17) is 11.6 Å². The molecule has 1 aliphatic rings. The summed E-state index contributed by atoms with van der Waals surface area (Å²) < 4.78 is 26.8. The molecule has 1 aliphatic carbocycles. The molecular weight excluding hydrogens is 388 g/mol. The van der Waals surface area contributed by atoms with Gasteiger partial charge in [-0.2, -0.15) is 0 Å². The number of hydrogen-bond acceptors (Lipinski definition) is 2. The highest BCUT2D eigenvalue weighted by atomic mass is 35.5. The molecule has 0 heterocycles. The van der Waals surface area contributed by atoms with Gasteiger partial charge in [-0.15, -0.1) is 0 Å². The molecule has 4 aromatic carbocycles. The van der Waals surface area contributed by atoms with Crippen molar-refractivity contribution in [1.29, 1.82) is 0 Å². The Labute approximate surface area is 169 Å². The Morgan fingerprint density at radius 3 is 2.50 bits per heavy atom. The van der Waals surface area contributed by atoms with Crippen LogP contribution in [-0.4, -0.2) is 8.42 Å². The van der Waals surface area contributed by atoms with Crippen LogP contribution in [0.2, 0.25) is 5.02 Å². The van der Waals surface area contributed by atoms with Crippen molar-refractivity contribution in [2.75, 3.05) is 0 Å². The molecule has 0 saturated heterocycles. The Bertz CT molecular complexity index is 1330. The fraction of sp³-hybridized carbons (Fsp3) is 0.167. The van der Waals surface area contributed by atoms with Crippen LogP contribution in [0.1, 0.15) is 29.2 Å². The van der Waals surface area contributed by atoms with Crippen molar-refractivity contribution in [3.8, 4) is 0 Å². The van der Waals surface area contributed by atoms with Crippen molar-refractivity contribution in [3.05, 3.63) is 88.9 Å². The molecule has 2 nitrogen and oxygen atoms in total. The maximum atomic E-state index is 13.4. The second-order valence-electron chi connectivity index (χ2n) is 7.40. The molecular formula is C24H19ClO2S. The molecule has 0 N–H and O–H groups in total. The van der Waals surface area contributed by atoms with Crippen LogP contribution in [0.15, 0.2) is 77.7 Å². The molecule has 0 spiro atoms. The fourth-order valence-corrected chi connectivity index (χ4v) is 6.67. The minimum atomic E-state index is -3.49. The average molecular weight is 407 g/mol. The van der Waals surface area contributed by atoms with Gasteiger partial charge in [-0.25, -0.2) is 8.42 Å². The van der Waals surface area contributed by atoms with Gasteiger partial charge >= 0.3 is 0 Å². The van der Waals surface area contributed by atoms with Gasteiger partial charge in [0.2, 0.25) is 0 Å². The van der Waals surface area contributed by atoms with Gasteiger partial charge in [0.25, 0.3) is 0 Å². The zero-order chi connectivity index (χ0) is 19.3. The van der Waals surface area contributed by atoms with Crippen molar-refractivity contribution in [3.63, 3.8) is 0 Å². The summed E-state index contributed by atoms with van der Waals surface area (Å²) in [4.78, 5) is 0.302. The standard InChI is InChI=1S/C24H19ClO2S/c25-17-6-3-7-18(15-17)28(26,27)24-10-4-9-20-22-12-11-16-5-1-2-8-19(16)21(22)13-14-23(20)24/h1-3,5-8,11-15,24H,4,9-10H2. The molecule has 0 bridgehead atoms. The monoisotopic (exact) mass is 406 g/mol. The molecule has 0 aromatic heterocycles. The van der Waals surface area contributed by atoms with E-state index in [-0.39, 0.29) is 0 Å². The van der Waals surface area contributed by atoms with Crippen molar-refractivity contribution >= 4 is 43.0 Å². The molecule has 1 unspecified atom stereocenters. The topological polar surface area (TPSA) is 34.1 Å². The van der Waals surface area contributed by atoms with Gasteiger partial charge in [-0.1, -0.05) is 66.2 Å². The largest absolute Gasteiger partial charge is 0.223 e. The second kappa shape index (κ2) is 6.61. The molecule has 0 aliphatic heterocycles. The molecule has 0 saturated carbocycles. The Hall–Kier alpha value is -2.36. The zero-order valence-electron chi connectivity index (χ0n) is 15.2. The molecule has 1 atom stereocenters. The number of fused-ring (bicyclic) bond motifs is 5. The van der Waals surface area contributed by atoms with Crippen molar-refractivity contribution in [2.24, 2.45) is 0 Å². The fourth-order valence-electron chi connectivity index (χ4n) is 4.50. The lowest BCUT2D eigenvalue weighted by Crippen LogP contribution is -2.19. The second-order valence-corrected chi connectivity index (χ2v) is 9.97. The third kappa shape index (κ3) is 2.73. The lowest BCUT2D eigenvalue weighted by molar-refractivity contribution is 0.561. The first-order valence-corrected chi connectivity index (χ1v) is 11.4. The van der Waals surface area contributed by atoms with Crippen LogP contribution >= 0.6 is 11.6 Å². The summed E-state index contributed by atoms with van der Waals surface area (Å²) in [6.45, 7) is 0. The molecule has 28 heavy (non-hydrogen) atoms. The molecule has 140 valence electrons. The summed E-state index contributed by atoms with van der Waals surface area (Å²) in [7, 11) is -3.49. The number of benzene rings is 4. The molecule has 4 aromatic rings. The first-order chi connectivity index (χ1) is 13.6. The molecule has 5 rings (SSSR count). The summed E-state index contributed by atoms with van der Waals surface area (Å²) >= 11 is 6.06. The van der Waals surface area contributed by atoms with Crippen LogP contribution in [-0.2, 0) is 16.3 Å². The van der Waals surface area contributed by atoms with Crippen LogP contribution < -0.4 is 0 Å². The quantitative estimate of drug-likeness (QED) is 0.356. The van der Waals surface area contributed by atoms with Gasteiger partial charge in [-0.05, 0) is 70.1 Å². The SMILES string of the molecule is O=S(=O)(c1cccc(Cl)c1)C1CCCc2c1ccc1c2ccc2ccccc21. The van der Waals surface area contributed by atoms with E-state index in [1.54, 1.807) is 24.3 Å². The Morgan fingerprint density at radius 1 is 0.821 bits per heavy atom. The predicted molar refractivity (Wildman–Crippen MR) is 116 cm³/mol. The number of halogens is 1. The smallest absolute Gasteiger partial charge is 0.185 e. The maximum absolute atomic E-state index is 13.4. The first-order valence-electron chi connectivity index (χ1n) is 9.48. The Kier molecular flexibility index (Phi) is 4.18. The predicted octanol–water partition coefficient (Wildman–Crippen LogP) is 6.50. The molecule has 0 radical (unpaired) electrons. The van der Waals surface area contributed by atoms with Gasteiger partial charge < -0.3 is 0 Å². The highest BCUT2D eigenvalue weighted by Crippen LogP contribution is 2.42. The number of aryl methyl sites for hydroxylation is 1. The van der Waals surface area contributed by atoms with E-state index >= 15 is 0 Å². The van der Waals surface area contributed by atoms with Crippen LogP contribution in [0.25, 0.3) is 21.5 Å². The summed E-state index contributed by atoms with van der Waals surface area (Å²) in [5, 5.41) is 4.70. The summed E-state index contributed by atoms with van der Waals surface area (Å²) in [6, 6.07) is 23.3. The number of rotatable bonds is 2. The normalized spacial score (nSPS) is 17.0. The van der Waals surface area contributed by atoms with Crippen LogP contribution in [0.3, 0.4) is 0 Å². The third-order valence-corrected chi connectivity index (χ3v) is 8.20. The minimum absolute atomic E-state index is 0.302. The van der Waals surface area contributed by atoms with Gasteiger partial charge in [0.15, 0.2) is 9.84 Å². The first kappa shape index (κ1) is 17.7. The summed E-state index contributed by atoms with van der Waals surface area (Å²) in [5.74, 6) is 0. The van der Waals surface area contributed by atoms with Gasteiger partial charge in [0.05, 0.1) is 10.1 Å². The van der Waals surface area contributed by atoms with E-state index in [2.05, 4.69) is 30.3 Å². The van der Waals surface area contributed by atoms with Crippen LogP contribution in [0.5, 0.6) is 0 Å².